The van der Waals surface area contributed by atoms with E-state index in [1.807, 2.05) is 12.1 Å². The molecule has 0 bridgehead atoms. The van der Waals surface area contributed by atoms with Gasteiger partial charge < -0.3 is 10.2 Å². The highest BCUT2D eigenvalue weighted by molar-refractivity contribution is 5.73. The van der Waals surface area contributed by atoms with Crippen molar-refractivity contribution in [3.05, 3.63) is 24.2 Å². The summed E-state index contributed by atoms with van der Waals surface area (Å²) in [5.74, 6) is 0.744. The van der Waals surface area contributed by atoms with Crippen LogP contribution in [0, 0.1) is 0 Å². The second-order valence-corrected chi connectivity index (χ2v) is 2.75. The normalized spacial score (nSPS) is 10.0. The van der Waals surface area contributed by atoms with Gasteiger partial charge in [-0.25, -0.2) is 0 Å². The summed E-state index contributed by atoms with van der Waals surface area (Å²) < 4.78 is 5.12. The van der Waals surface area contributed by atoms with E-state index < -0.39 is 0 Å². The first-order valence-corrected chi connectivity index (χ1v) is 4.10. The van der Waals surface area contributed by atoms with Crippen molar-refractivity contribution < 1.29 is 9.21 Å². The number of carbonyl (C=O) groups excluding carboxylic acids is 1. The molecule has 0 radical (unpaired) electrons. The molecule has 2 N–H and O–H groups in total. The quantitative estimate of drug-likeness (QED) is 0.675. The van der Waals surface area contributed by atoms with Gasteiger partial charge in [0.2, 0.25) is 5.91 Å². The predicted molar refractivity (Wildman–Crippen MR) is 45.5 cm³/mol. The van der Waals surface area contributed by atoms with E-state index in [4.69, 9.17) is 10.2 Å². The van der Waals surface area contributed by atoms with Crippen LogP contribution in [0.3, 0.4) is 0 Å². The molecule has 0 saturated carbocycles. The molecular weight excluding hydrogens is 154 g/mol. The van der Waals surface area contributed by atoms with E-state index in [1.165, 1.54) is 0 Å². The van der Waals surface area contributed by atoms with Gasteiger partial charge >= 0.3 is 0 Å². The molecule has 1 heterocycles. The van der Waals surface area contributed by atoms with Crippen molar-refractivity contribution in [2.45, 2.75) is 25.7 Å². The monoisotopic (exact) mass is 167 g/mol. The van der Waals surface area contributed by atoms with E-state index in [9.17, 15) is 4.79 Å². The average Bonchev–Trinajstić information content (AvgIpc) is 2.49. The van der Waals surface area contributed by atoms with Crippen LogP contribution in [0.15, 0.2) is 22.8 Å². The lowest BCUT2D eigenvalue weighted by Gasteiger charge is -1.95. The lowest BCUT2D eigenvalue weighted by Crippen LogP contribution is -2.09. The van der Waals surface area contributed by atoms with Gasteiger partial charge in [-0.05, 0) is 25.0 Å². The van der Waals surface area contributed by atoms with E-state index >= 15 is 0 Å². The number of nitrogens with two attached hydrogens (primary N) is 1. The maximum atomic E-state index is 10.4. The lowest BCUT2D eigenvalue weighted by atomic mass is 10.1. The van der Waals surface area contributed by atoms with Crippen molar-refractivity contribution in [2.24, 2.45) is 5.73 Å². The molecule has 66 valence electrons. The zero-order chi connectivity index (χ0) is 8.81. The Morgan fingerprint density at radius 3 is 2.92 bits per heavy atom. The molecule has 1 rings (SSSR count). The summed E-state index contributed by atoms with van der Waals surface area (Å²) in [4.78, 5) is 10.4. The highest BCUT2D eigenvalue weighted by Crippen LogP contribution is 2.06. The van der Waals surface area contributed by atoms with Crippen molar-refractivity contribution >= 4 is 5.91 Å². The zero-order valence-electron chi connectivity index (χ0n) is 6.95. The van der Waals surface area contributed by atoms with E-state index in [-0.39, 0.29) is 5.91 Å². The molecule has 0 aliphatic rings. The average molecular weight is 167 g/mol. The Labute approximate surface area is 71.6 Å². The summed E-state index contributed by atoms with van der Waals surface area (Å²) in [7, 11) is 0. The van der Waals surface area contributed by atoms with Crippen molar-refractivity contribution in [3.63, 3.8) is 0 Å². The minimum atomic E-state index is -0.227. The Bertz CT molecular complexity index is 229. The van der Waals surface area contributed by atoms with Gasteiger partial charge in [0.05, 0.1) is 6.26 Å². The summed E-state index contributed by atoms with van der Waals surface area (Å²) in [6.45, 7) is 0. The van der Waals surface area contributed by atoms with Crippen LogP contribution >= 0.6 is 0 Å². The van der Waals surface area contributed by atoms with Gasteiger partial charge in [-0.15, -0.1) is 0 Å². The van der Waals surface area contributed by atoms with Crippen LogP contribution in [0.4, 0.5) is 0 Å². The fourth-order valence-corrected chi connectivity index (χ4v) is 1.05. The standard InChI is InChI=1S/C9H13NO2/c10-9(11)6-2-1-4-8-5-3-7-12-8/h3,5,7H,1-2,4,6H2,(H2,10,11). The summed E-state index contributed by atoms with van der Waals surface area (Å²) >= 11 is 0. The number of amides is 1. The van der Waals surface area contributed by atoms with E-state index in [0.717, 1.165) is 25.0 Å². The SMILES string of the molecule is NC(=O)CCCCc1ccco1. The largest absolute Gasteiger partial charge is 0.469 e. The third-order valence-corrected chi connectivity index (χ3v) is 1.68. The number of carbonyl (C=O) groups is 1. The van der Waals surface area contributed by atoms with Crippen LogP contribution in [-0.2, 0) is 11.2 Å². The molecule has 0 unspecified atom stereocenters. The second kappa shape index (κ2) is 4.59. The number of furan rings is 1. The number of aryl methyl sites for hydroxylation is 1. The molecule has 1 aromatic heterocycles. The van der Waals surface area contributed by atoms with E-state index in [1.54, 1.807) is 6.26 Å². The Kier molecular flexibility index (Phi) is 3.38. The minimum Gasteiger partial charge on any atom is -0.469 e. The van der Waals surface area contributed by atoms with Gasteiger partial charge in [-0.1, -0.05) is 0 Å². The van der Waals surface area contributed by atoms with Crippen LogP contribution < -0.4 is 5.73 Å². The van der Waals surface area contributed by atoms with Crippen LogP contribution in [0.1, 0.15) is 25.0 Å². The molecule has 12 heavy (non-hydrogen) atoms. The van der Waals surface area contributed by atoms with Gasteiger partial charge in [0.1, 0.15) is 5.76 Å². The smallest absolute Gasteiger partial charge is 0.217 e. The molecule has 0 saturated heterocycles. The Morgan fingerprint density at radius 1 is 1.50 bits per heavy atom. The van der Waals surface area contributed by atoms with Gasteiger partial charge in [-0.2, -0.15) is 0 Å². The van der Waals surface area contributed by atoms with Crippen LogP contribution in [0.5, 0.6) is 0 Å². The molecule has 3 heteroatoms. The Morgan fingerprint density at radius 2 is 2.33 bits per heavy atom. The third kappa shape index (κ3) is 3.23. The molecule has 0 fully saturated rings. The topological polar surface area (TPSA) is 56.2 Å². The zero-order valence-corrected chi connectivity index (χ0v) is 6.95. The molecule has 0 aliphatic heterocycles. The van der Waals surface area contributed by atoms with Crippen molar-refractivity contribution in [2.75, 3.05) is 0 Å². The van der Waals surface area contributed by atoms with Gasteiger partial charge in [0, 0.05) is 12.8 Å². The van der Waals surface area contributed by atoms with Crippen molar-refractivity contribution in [1.29, 1.82) is 0 Å². The van der Waals surface area contributed by atoms with E-state index in [0.29, 0.717) is 6.42 Å². The maximum absolute atomic E-state index is 10.4. The Hall–Kier alpha value is -1.25. The van der Waals surface area contributed by atoms with Crippen LogP contribution in [-0.4, -0.2) is 5.91 Å². The van der Waals surface area contributed by atoms with Gasteiger partial charge in [0.25, 0.3) is 0 Å². The second-order valence-electron chi connectivity index (χ2n) is 2.75. The summed E-state index contributed by atoms with van der Waals surface area (Å²) in [5.41, 5.74) is 4.99. The minimum absolute atomic E-state index is 0.227. The summed E-state index contributed by atoms with van der Waals surface area (Å²) in [6, 6.07) is 3.80. The molecule has 1 aromatic rings. The first-order valence-electron chi connectivity index (χ1n) is 4.10. The fraction of sp³-hybridized carbons (Fsp3) is 0.444. The third-order valence-electron chi connectivity index (χ3n) is 1.68. The van der Waals surface area contributed by atoms with Crippen molar-refractivity contribution in [3.8, 4) is 0 Å². The first kappa shape index (κ1) is 8.84. The first-order chi connectivity index (χ1) is 5.79. The highest BCUT2D eigenvalue weighted by atomic mass is 16.3. The lowest BCUT2D eigenvalue weighted by molar-refractivity contribution is -0.118. The maximum Gasteiger partial charge on any atom is 0.217 e. The molecular formula is C9H13NO2. The van der Waals surface area contributed by atoms with Crippen molar-refractivity contribution in [1.82, 2.24) is 0 Å². The molecule has 0 spiro atoms. The summed E-state index contributed by atoms with van der Waals surface area (Å²) in [6.07, 6.45) is 4.82. The number of primary amides is 1. The molecule has 1 amide bonds. The predicted octanol–water partition coefficient (Wildman–Crippen LogP) is 1.48. The van der Waals surface area contributed by atoms with Crippen LogP contribution in [0.25, 0.3) is 0 Å². The van der Waals surface area contributed by atoms with Crippen LogP contribution in [0.2, 0.25) is 0 Å². The summed E-state index contributed by atoms with van der Waals surface area (Å²) in [5, 5.41) is 0. The molecule has 0 atom stereocenters. The number of hydrogen-bond acceptors (Lipinski definition) is 2. The molecule has 0 aromatic carbocycles. The van der Waals surface area contributed by atoms with Gasteiger partial charge in [-0.3, -0.25) is 4.79 Å². The number of rotatable bonds is 5. The molecule has 0 aliphatic carbocycles. The number of unbranched alkanes of at least 4 members (excludes halogenated alkanes) is 1. The van der Waals surface area contributed by atoms with E-state index in [2.05, 4.69) is 0 Å². The fourth-order valence-electron chi connectivity index (χ4n) is 1.05. The highest BCUT2D eigenvalue weighted by Gasteiger charge is 1.97. The number of hydrogen-bond donors (Lipinski definition) is 1. The van der Waals surface area contributed by atoms with Gasteiger partial charge in [0.15, 0.2) is 0 Å². The Balaban J connectivity index is 2.07. The molecule has 3 nitrogen and oxygen atoms in total.